The van der Waals surface area contributed by atoms with E-state index in [1.54, 1.807) is 14.2 Å². The zero-order valence-corrected chi connectivity index (χ0v) is 11.3. The van der Waals surface area contributed by atoms with Gasteiger partial charge in [0.05, 0.1) is 14.2 Å². The first-order valence-corrected chi connectivity index (χ1v) is 6.25. The molecular formula is C16H19NO2. The van der Waals surface area contributed by atoms with Crippen LogP contribution in [0.1, 0.15) is 17.2 Å². The van der Waals surface area contributed by atoms with E-state index in [0.717, 1.165) is 23.5 Å². The van der Waals surface area contributed by atoms with Gasteiger partial charge in [0.15, 0.2) is 0 Å². The van der Waals surface area contributed by atoms with Crippen LogP contribution < -0.4 is 15.2 Å². The topological polar surface area (TPSA) is 44.5 Å². The van der Waals surface area contributed by atoms with Crippen molar-refractivity contribution in [3.63, 3.8) is 0 Å². The molecule has 0 aliphatic carbocycles. The summed E-state index contributed by atoms with van der Waals surface area (Å²) >= 11 is 0. The maximum atomic E-state index is 6.23. The van der Waals surface area contributed by atoms with Gasteiger partial charge in [-0.15, -0.1) is 0 Å². The maximum absolute atomic E-state index is 6.23. The molecule has 0 fully saturated rings. The molecule has 0 heterocycles. The van der Waals surface area contributed by atoms with Gasteiger partial charge in [-0.3, -0.25) is 0 Å². The molecule has 0 saturated heterocycles. The average Bonchev–Trinajstić information content (AvgIpc) is 2.47. The van der Waals surface area contributed by atoms with Crippen molar-refractivity contribution in [1.82, 2.24) is 0 Å². The molecule has 0 saturated carbocycles. The molecule has 100 valence electrons. The van der Waals surface area contributed by atoms with E-state index in [9.17, 15) is 0 Å². The Hall–Kier alpha value is -2.00. The standard InChI is InChI=1S/C16H19NO2/c1-18-14-8-6-13(7-9-14)16(17)11-12-4-3-5-15(10-12)19-2/h3-10,16H,11,17H2,1-2H3. The molecule has 0 spiro atoms. The highest BCUT2D eigenvalue weighted by molar-refractivity contribution is 5.32. The Kier molecular flexibility index (Phi) is 4.42. The number of nitrogens with two attached hydrogens (primary N) is 1. The van der Waals surface area contributed by atoms with Crippen LogP contribution in [-0.4, -0.2) is 14.2 Å². The second kappa shape index (κ2) is 6.25. The summed E-state index contributed by atoms with van der Waals surface area (Å²) in [5.74, 6) is 1.71. The lowest BCUT2D eigenvalue weighted by Gasteiger charge is -2.13. The number of benzene rings is 2. The molecule has 1 atom stereocenters. The van der Waals surface area contributed by atoms with Gasteiger partial charge in [-0.2, -0.15) is 0 Å². The Morgan fingerprint density at radius 3 is 2.26 bits per heavy atom. The highest BCUT2D eigenvalue weighted by Gasteiger charge is 2.08. The third-order valence-electron chi connectivity index (χ3n) is 3.13. The predicted octanol–water partition coefficient (Wildman–Crippen LogP) is 2.95. The largest absolute Gasteiger partial charge is 0.497 e. The molecule has 2 aromatic rings. The summed E-state index contributed by atoms with van der Waals surface area (Å²) in [4.78, 5) is 0. The summed E-state index contributed by atoms with van der Waals surface area (Å²) in [5.41, 5.74) is 8.50. The van der Waals surface area contributed by atoms with Crippen molar-refractivity contribution in [2.24, 2.45) is 5.73 Å². The van der Waals surface area contributed by atoms with Gasteiger partial charge in [-0.25, -0.2) is 0 Å². The number of hydrogen-bond donors (Lipinski definition) is 1. The SMILES string of the molecule is COc1ccc(C(N)Cc2cccc(OC)c2)cc1. The van der Waals surface area contributed by atoms with Crippen LogP contribution in [0.3, 0.4) is 0 Å². The number of methoxy groups -OCH3 is 2. The van der Waals surface area contributed by atoms with Crippen molar-refractivity contribution in [3.8, 4) is 11.5 Å². The molecular weight excluding hydrogens is 238 g/mol. The van der Waals surface area contributed by atoms with Crippen molar-refractivity contribution in [3.05, 3.63) is 59.7 Å². The molecule has 0 radical (unpaired) electrons. The number of hydrogen-bond acceptors (Lipinski definition) is 3. The predicted molar refractivity (Wildman–Crippen MR) is 76.6 cm³/mol. The molecule has 2 N–H and O–H groups in total. The van der Waals surface area contributed by atoms with E-state index in [4.69, 9.17) is 15.2 Å². The Bertz CT molecular complexity index is 523. The zero-order chi connectivity index (χ0) is 13.7. The lowest BCUT2D eigenvalue weighted by Crippen LogP contribution is -2.13. The van der Waals surface area contributed by atoms with E-state index in [-0.39, 0.29) is 6.04 Å². The molecule has 0 aliphatic rings. The van der Waals surface area contributed by atoms with E-state index in [1.165, 1.54) is 5.56 Å². The molecule has 0 aromatic heterocycles. The Labute approximate surface area is 114 Å². The van der Waals surface area contributed by atoms with Crippen LogP contribution in [0, 0.1) is 0 Å². The van der Waals surface area contributed by atoms with Gasteiger partial charge in [0.2, 0.25) is 0 Å². The van der Waals surface area contributed by atoms with Gasteiger partial charge in [-0.05, 0) is 41.8 Å². The summed E-state index contributed by atoms with van der Waals surface area (Å²) in [6, 6.07) is 15.8. The van der Waals surface area contributed by atoms with Crippen LogP contribution in [0.5, 0.6) is 11.5 Å². The monoisotopic (exact) mass is 257 g/mol. The molecule has 2 rings (SSSR count). The minimum Gasteiger partial charge on any atom is -0.497 e. The van der Waals surface area contributed by atoms with Crippen LogP contribution in [0.15, 0.2) is 48.5 Å². The van der Waals surface area contributed by atoms with Crippen LogP contribution in [0.4, 0.5) is 0 Å². The van der Waals surface area contributed by atoms with Crippen LogP contribution in [-0.2, 0) is 6.42 Å². The van der Waals surface area contributed by atoms with Gasteiger partial charge in [0.1, 0.15) is 11.5 Å². The minimum atomic E-state index is -0.0296. The Morgan fingerprint density at radius 1 is 0.947 bits per heavy atom. The van der Waals surface area contributed by atoms with Gasteiger partial charge >= 0.3 is 0 Å². The third-order valence-corrected chi connectivity index (χ3v) is 3.13. The van der Waals surface area contributed by atoms with Crippen molar-refractivity contribution in [2.45, 2.75) is 12.5 Å². The fourth-order valence-corrected chi connectivity index (χ4v) is 2.02. The first-order valence-electron chi connectivity index (χ1n) is 6.25. The second-order valence-electron chi connectivity index (χ2n) is 4.44. The van der Waals surface area contributed by atoms with Gasteiger partial charge in [0.25, 0.3) is 0 Å². The van der Waals surface area contributed by atoms with E-state index in [2.05, 4.69) is 6.07 Å². The molecule has 0 bridgehead atoms. The third kappa shape index (κ3) is 3.48. The highest BCUT2D eigenvalue weighted by atomic mass is 16.5. The molecule has 2 aromatic carbocycles. The van der Waals surface area contributed by atoms with Gasteiger partial charge in [0, 0.05) is 6.04 Å². The van der Waals surface area contributed by atoms with E-state index >= 15 is 0 Å². The molecule has 3 nitrogen and oxygen atoms in total. The fraction of sp³-hybridized carbons (Fsp3) is 0.250. The summed E-state index contributed by atoms with van der Waals surface area (Å²) in [7, 11) is 3.33. The first kappa shape index (κ1) is 13.4. The molecule has 3 heteroatoms. The Morgan fingerprint density at radius 2 is 1.63 bits per heavy atom. The first-order chi connectivity index (χ1) is 9.22. The normalized spacial score (nSPS) is 11.9. The van der Waals surface area contributed by atoms with Crippen molar-refractivity contribution >= 4 is 0 Å². The lowest BCUT2D eigenvalue weighted by molar-refractivity contribution is 0.414. The van der Waals surface area contributed by atoms with E-state index in [1.807, 2.05) is 42.5 Å². The summed E-state index contributed by atoms with van der Waals surface area (Å²) in [5, 5.41) is 0. The fourth-order valence-electron chi connectivity index (χ4n) is 2.02. The van der Waals surface area contributed by atoms with E-state index in [0.29, 0.717) is 0 Å². The summed E-state index contributed by atoms with van der Waals surface area (Å²) in [6.07, 6.45) is 0.781. The van der Waals surface area contributed by atoms with Gasteiger partial charge in [-0.1, -0.05) is 24.3 Å². The number of ether oxygens (including phenoxy) is 2. The molecule has 0 aliphatic heterocycles. The van der Waals surface area contributed by atoms with E-state index < -0.39 is 0 Å². The summed E-state index contributed by atoms with van der Waals surface area (Å²) < 4.78 is 10.4. The van der Waals surface area contributed by atoms with Crippen LogP contribution >= 0.6 is 0 Å². The molecule has 0 amide bonds. The zero-order valence-electron chi connectivity index (χ0n) is 11.3. The van der Waals surface area contributed by atoms with Gasteiger partial charge < -0.3 is 15.2 Å². The second-order valence-corrected chi connectivity index (χ2v) is 4.44. The quantitative estimate of drug-likeness (QED) is 0.895. The van der Waals surface area contributed by atoms with Crippen LogP contribution in [0.2, 0.25) is 0 Å². The minimum absolute atomic E-state index is 0.0296. The highest BCUT2D eigenvalue weighted by Crippen LogP contribution is 2.21. The Balaban J connectivity index is 2.08. The summed E-state index contributed by atoms with van der Waals surface area (Å²) in [6.45, 7) is 0. The van der Waals surface area contributed by atoms with Crippen molar-refractivity contribution in [1.29, 1.82) is 0 Å². The molecule has 1 unspecified atom stereocenters. The maximum Gasteiger partial charge on any atom is 0.119 e. The van der Waals surface area contributed by atoms with Crippen LogP contribution in [0.25, 0.3) is 0 Å². The lowest BCUT2D eigenvalue weighted by atomic mass is 9.99. The smallest absolute Gasteiger partial charge is 0.119 e. The van der Waals surface area contributed by atoms with Crippen molar-refractivity contribution in [2.75, 3.05) is 14.2 Å². The molecule has 19 heavy (non-hydrogen) atoms. The number of rotatable bonds is 5. The van der Waals surface area contributed by atoms with Crippen molar-refractivity contribution < 1.29 is 9.47 Å². The average molecular weight is 257 g/mol.